The van der Waals surface area contributed by atoms with Crippen LogP contribution in [0.3, 0.4) is 0 Å². The lowest BCUT2D eigenvalue weighted by molar-refractivity contribution is -0.116. The van der Waals surface area contributed by atoms with E-state index in [1.54, 1.807) is 4.90 Å². The normalized spacial score (nSPS) is 13.5. The fraction of sp³-hybridized carbons (Fsp3) is 0.421. The molecule has 1 aromatic carbocycles. The molecule has 2 N–H and O–H groups in total. The first-order chi connectivity index (χ1) is 12.1. The molecule has 1 heterocycles. The number of carbonyl (C=O) groups is 2. The van der Waals surface area contributed by atoms with Crippen molar-refractivity contribution in [2.24, 2.45) is 0 Å². The number of nitrogens with zero attached hydrogens (tertiary/aromatic N) is 2. The summed E-state index contributed by atoms with van der Waals surface area (Å²) in [6.45, 7) is 4.46. The highest BCUT2D eigenvalue weighted by molar-refractivity contribution is 5.98. The third-order valence-corrected chi connectivity index (χ3v) is 4.37. The molecule has 0 saturated heterocycles. The number of amides is 2. The summed E-state index contributed by atoms with van der Waals surface area (Å²) in [7, 11) is 0. The van der Waals surface area contributed by atoms with Crippen molar-refractivity contribution < 1.29 is 9.59 Å². The number of hydrogen-bond donors (Lipinski definition) is 2. The monoisotopic (exact) mass is 340 g/mol. The lowest BCUT2D eigenvalue weighted by Gasteiger charge is -2.20. The molecule has 6 heteroatoms. The molecule has 1 aliphatic rings. The molecule has 1 fully saturated rings. The highest BCUT2D eigenvalue weighted by atomic mass is 16.2. The first kappa shape index (κ1) is 17.2. The summed E-state index contributed by atoms with van der Waals surface area (Å²) in [5.74, 6) is 0.108. The predicted octanol–water partition coefficient (Wildman–Crippen LogP) is 3.09. The van der Waals surface area contributed by atoms with Gasteiger partial charge in [-0.3, -0.25) is 14.7 Å². The SMILES string of the molecule is CCCN(CC(=O)Nc1ccccc1C)C(=O)c1cc(C2CC2)[nH]n1. The van der Waals surface area contributed by atoms with Gasteiger partial charge in [0.15, 0.2) is 0 Å². The van der Waals surface area contributed by atoms with Gasteiger partial charge in [0.2, 0.25) is 5.91 Å². The second-order valence-corrected chi connectivity index (χ2v) is 6.57. The predicted molar refractivity (Wildman–Crippen MR) is 96.6 cm³/mol. The second-order valence-electron chi connectivity index (χ2n) is 6.57. The van der Waals surface area contributed by atoms with Crippen LogP contribution in [0.15, 0.2) is 30.3 Å². The number of carbonyl (C=O) groups excluding carboxylic acids is 2. The zero-order valence-electron chi connectivity index (χ0n) is 14.7. The minimum atomic E-state index is -0.204. The molecule has 0 aliphatic heterocycles. The molecule has 132 valence electrons. The number of aromatic amines is 1. The number of anilines is 1. The quantitative estimate of drug-likeness (QED) is 0.813. The Morgan fingerprint density at radius 1 is 1.32 bits per heavy atom. The van der Waals surface area contributed by atoms with Gasteiger partial charge in [0.1, 0.15) is 12.2 Å². The summed E-state index contributed by atoms with van der Waals surface area (Å²) in [6, 6.07) is 9.41. The maximum Gasteiger partial charge on any atom is 0.274 e. The Morgan fingerprint density at radius 3 is 2.76 bits per heavy atom. The molecule has 2 aromatic rings. The summed E-state index contributed by atoms with van der Waals surface area (Å²) in [5.41, 5.74) is 3.17. The molecule has 0 bridgehead atoms. The van der Waals surface area contributed by atoms with E-state index < -0.39 is 0 Å². The molecule has 0 spiro atoms. The number of aromatic nitrogens is 2. The number of aryl methyl sites for hydroxylation is 1. The number of hydrogen-bond acceptors (Lipinski definition) is 3. The standard InChI is InChI=1S/C19H24N4O2/c1-3-10-23(12-18(24)20-15-7-5-4-6-13(15)2)19(25)17-11-16(21-22-17)14-8-9-14/h4-7,11,14H,3,8-10,12H2,1-2H3,(H,20,24)(H,21,22). The van der Waals surface area contributed by atoms with E-state index in [9.17, 15) is 9.59 Å². The Bertz CT molecular complexity index is 764. The van der Waals surface area contributed by atoms with Crippen molar-refractivity contribution in [1.82, 2.24) is 15.1 Å². The molecule has 1 saturated carbocycles. The van der Waals surface area contributed by atoms with Gasteiger partial charge in [-0.1, -0.05) is 25.1 Å². The van der Waals surface area contributed by atoms with Gasteiger partial charge in [0.05, 0.1) is 0 Å². The van der Waals surface area contributed by atoms with Gasteiger partial charge in [-0.05, 0) is 43.9 Å². The average Bonchev–Trinajstić information content (AvgIpc) is 3.33. The van der Waals surface area contributed by atoms with Crippen LogP contribution in [-0.2, 0) is 4.79 Å². The van der Waals surface area contributed by atoms with E-state index in [1.165, 1.54) is 0 Å². The van der Waals surface area contributed by atoms with Crippen LogP contribution in [0.4, 0.5) is 5.69 Å². The molecule has 3 rings (SSSR count). The largest absolute Gasteiger partial charge is 0.328 e. The third kappa shape index (κ3) is 4.26. The van der Waals surface area contributed by atoms with Crippen LogP contribution >= 0.6 is 0 Å². The molecule has 0 atom stereocenters. The van der Waals surface area contributed by atoms with E-state index in [-0.39, 0.29) is 18.4 Å². The van der Waals surface area contributed by atoms with Crippen molar-refractivity contribution in [3.63, 3.8) is 0 Å². The number of nitrogens with one attached hydrogen (secondary N) is 2. The topological polar surface area (TPSA) is 78.1 Å². The summed E-state index contributed by atoms with van der Waals surface area (Å²) >= 11 is 0. The van der Waals surface area contributed by atoms with Crippen LogP contribution in [0, 0.1) is 6.92 Å². The van der Waals surface area contributed by atoms with Crippen molar-refractivity contribution in [3.8, 4) is 0 Å². The van der Waals surface area contributed by atoms with Crippen LogP contribution in [0.25, 0.3) is 0 Å². The van der Waals surface area contributed by atoms with Gasteiger partial charge in [0.25, 0.3) is 5.91 Å². The minimum absolute atomic E-state index is 0.0205. The van der Waals surface area contributed by atoms with Crippen molar-refractivity contribution in [2.45, 2.75) is 39.0 Å². The van der Waals surface area contributed by atoms with E-state index in [0.717, 1.165) is 36.2 Å². The number of H-pyrrole nitrogens is 1. The molecule has 25 heavy (non-hydrogen) atoms. The maximum atomic E-state index is 12.7. The van der Waals surface area contributed by atoms with Crippen LogP contribution in [-0.4, -0.2) is 40.0 Å². The first-order valence-corrected chi connectivity index (χ1v) is 8.78. The lowest BCUT2D eigenvalue weighted by atomic mass is 10.2. The van der Waals surface area contributed by atoms with E-state index in [4.69, 9.17) is 0 Å². The van der Waals surface area contributed by atoms with Crippen molar-refractivity contribution >= 4 is 17.5 Å². The Kier molecular flexibility index (Phi) is 5.16. The summed E-state index contributed by atoms with van der Waals surface area (Å²) in [4.78, 5) is 26.6. The van der Waals surface area contributed by atoms with Gasteiger partial charge in [-0.15, -0.1) is 0 Å². The van der Waals surface area contributed by atoms with Gasteiger partial charge in [-0.25, -0.2) is 0 Å². The van der Waals surface area contributed by atoms with Gasteiger partial charge < -0.3 is 10.2 Å². The summed E-state index contributed by atoms with van der Waals surface area (Å²) in [5, 5.41) is 9.96. The fourth-order valence-electron chi connectivity index (χ4n) is 2.81. The second kappa shape index (κ2) is 7.51. The van der Waals surface area contributed by atoms with Crippen LogP contribution in [0.1, 0.15) is 53.8 Å². The minimum Gasteiger partial charge on any atom is -0.328 e. The van der Waals surface area contributed by atoms with Crippen molar-refractivity contribution in [2.75, 3.05) is 18.4 Å². The van der Waals surface area contributed by atoms with Gasteiger partial charge >= 0.3 is 0 Å². The zero-order valence-corrected chi connectivity index (χ0v) is 14.7. The van der Waals surface area contributed by atoms with E-state index in [2.05, 4.69) is 15.5 Å². The Labute approximate surface area is 147 Å². The molecule has 2 amide bonds. The van der Waals surface area contributed by atoms with Crippen LogP contribution in [0.2, 0.25) is 0 Å². The molecule has 0 radical (unpaired) electrons. The number of para-hydroxylation sites is 1. The average molecular weight is 340 g/mol. The van der Waals surface area contributed by atoms with Crippen molar-refractivity contribution in [1.29, 1.82) is 0 Å². The third-order valence-electron chi connectivity index (χ3n) is 4.37. The highest BCUT2D eigenvalue weighted by Crippen LogP contribution is 2.39. The van der Waals surface area contributed by atoms with E-state index in [0.29, 0.717) is 18.2 Å². The number of rotatable bonds is 7. The van der Waals surface area contributed by atoms with E-state index in [1.807, 2.05) is 44.2 Å². The maximum absolute atomic E-state index is 12.7. The van der Waals surface area contributed by atoms with Crippen LogP contribution < -0.4 is 5.32 Å². The Morgan fingerprint density at radius 2 is 2.08 bits per heavy atom. The molecule has 0 unspecified atom stereocenters. The molecule has 1 aliphatic carbocycles. The van der Waals surface area contributed by atoms with Gasteiger partial charge in [-0.2, -0.15) is 5.10 Å². The molecular formula is C19H24N4O2. The van der Waals surface area contributed by atoms with Crippen LogP contribution in [0.5, 0.6) is 0 Å². The first-order valence-electron chi connectivity index (χ1n) is 8.78. The van der Waals surface area contributed by atoms with Crippen molar-refractivity contribution in [3.05, 3.63) is 47.3 Å². The van der Waals surface area contributed by atoms with E-state index >= 15 is 0 Å². The fourth-order valence-corrected chi connectivity index (χ4v) is 2.81. The van der Waals surface area contributed by atoms with Gasteiger partial charge in [0, 0.05) is 23.8 Å². The molecule has 6 nitrogen and oxygen atoms in total. The highest BCUT2D eigenvalue weighted by Gasteiger charge is 2.28. The number of benzene rings is 1. The Hall–Kier alpha value is -2.63. The molecule has 1 aromatic heterocycles. The smallest absolute Gasteiger partial charge is 0.274 e. The zero-order chi connectivity index (χ0) is 17.8. The summed E-state index contributed by atoms with van der Waals surface area (Å²) in [6.07, 6.45) is 3.07. The lowest BCUT2D eigenvalue weighted by Crippen LogP contribution is -2.38. The Balaban J connectivity index is 1.66. The summed E-state index contributed by atoms with van der Waals surface area (Å²) < 4.78 is 0. The molecular weight excluding hydrogens is 316 g/mol.